The number of nitrogens with one attached hydrogen (secondary N) is 2. The Morgan fingerprint density at radius 1 is 0.882 bits per heavy atom. The first-order chi connectivity index (χ1) is 15.9. The summed E-state index contributed by atoms with van der Waals surface area (Å²) >= 11 is 11.3. The van der Waals surface area contributed by atoms with Crippen molar-refractivity contribution in [3.63, 3.8) is 0 Å². The summed E-state index contributed by atoms with van der Waals surface area (Å²) in [5, 5.41) is 12.8. The lowest BCUT2D eigenvalue weighted by Gasteiger charge is -2.12. The number of halogens is 4. The predicted octanol–water partition coefficient (Wildman–Crippen LogP) is 4.76. The molecular formula is C22H22Cl2F2N2O6. The van der Waals surface area contributed by atoms with Crippen molar-refractivity contribution < 1.29 is 37.8 Å². The van der Waals surface area contributed by atoms with Crippen LogP contribution in [0.4, 0.5) is 20.2 Å². The van der Waals surface area contributed by atoms with Crippen molar-refractivity contribution in [1.82, 2.24) is 0 Å². The number of carbonyl (C=O) groups excluding carboxylic acids is 3. The van der Waals surface area contributed by atoms with Crippen molar-refractivity contribution >= 4 is 58.3 Å². The van der Waals surface area contributed by atoms with Crippen LogP contribution in [0.5, 0.6) is 0 Å². The zero-order valence-electron chi connectivity index (χ0n) is 18.3. The number of carboxylic acids is 1. The molecule has 2 atom stereocenters. The number of esters is 1. The monoisotopic (exact) mass is 518 g/mol. The van der Waals surface area contributed by atoms with Crippen molar-refractivity contribution in [2.45, 2.75) is 20.8 Å². The van der Waals surface area contributed by atoms with Crippen molar-refractivity contribution in [2.24, 2.45) is 11.8 Å². The fraction of sp³-hybridized carbons (Fsp3) is 0.273. The number of amides is 2. The number of benzene rings is 2. The summed E-state index contributed by atoms with van der Waals surface area (Å²) in [6.07, 6.45) is 0. The predicted molar refractivity (Wildman–Crippen MR) is 123 cm³/mol. The van der Waals surface area contributed by atoms with E-state index in [4.69, 9.17) is 33.0 Å². The van der Waals surface area contributed by atoms with Gasteiger partial charge in [0.05, 0.1) is 28.0 Å². The normalized spacial score (nSPS) is 11.9. The third kappa shape index (κ3) is 8.27. The molecule has 0 aliphatic heterocycles. The quantitative estimate of drug-likeness (QED) is 0.359. The lowest BCUT2D eigenvalue weighted by Crippen LogP contribution is -2.28. The van der Waals surface area contributed by atoms with E-state index in [1.807, 2.05) is 0 Å². The van der Waals surface area contributed by atoms with E-state index in [9.17, 15) is 28.0 Å². The molecule has 0 bridgehead atoms. The highest BCUT2D eigenvalue weighted by atomic mass is 35.5. The third-order valence-electron chi connectivity index (χ3n) is 4.22. The summed E-state index contributed by atoms with van der Waals surface area (Å²) in [7, 11) is 0. The second-order valence-corrected chi connectivity index (χ2v) is 7.47. The van der Waals surface area contributed by atoms with E-state index in [1.54, 1.807) is 6.92 Å². The van der Waals surface area contributed by atoms with Gasteiger partial charge in [-0.2, -0.15) is 0 Å². The topological polar surface area (TPSA) is 122 Å². The number of aliphatic carboxylic acids is 1. The fourth-order valence-electron chi connectivity index (χ4n) is 2.17. The van der Waals surface area contributed by atoms with E-state index in [2.05, 4.69) is 10.6 Å². The van der Waals surface area contributed by atoms with Gasteiger partial charge in [-0.25, -0.2) is 8.78 Å². The van der Waals surface area contributed by atoms with Crippen LogP contribution in [0, 0.1) is 23.5 Å². The molecule has 2 amide bonds. The number of ether oxygens (including phenoxy) is 1. The Morgan fingerprint density at radius 3 is 1.68 bits per heavy atom. The van der Waals surface area contributed by atoms with E-state index in [-0.39, 0.29) is 28.0 Å². The van der Waals surface area contributed by atoms with E-state index < -0.39 is 47.2 Å². The molecule has 2 unspecified atom stereocenters. The molecule has 0 aromatic heterocycles. The summed E-state index contributed by atoms with van der Waals surface area (Å²) in [6.45, 7) is 4.47. The average Bonchev–Trinajstić information content (AvgIpc) is 2.79. The highest BCUT2D eigenvalue weighted by Gasteiger charge is 2.24. The number of hydrogen-bond acceptors (Lipinski definition) is 5. The second-order valence-electron chi connectivity index (χ2n) is 6.71. The van der Waals surface area contributed by atoms with Crippen LogP contribution in [0.15, 0.2) is 36.4 Å². The molecule has 184 valence electrons. The van der Waals surface area contributed by atoms with Gasteiger partial charge in [0, 0.05) is 0 Å². The maximum absolute atomic E-state index is 13.1. The number of carbonyl (C=O) groups is 4. The van der Waals surface area contributed by atoms with Crippen molar-refractivity contribution in [1.29, 1.82) is 0 Å². The van der Waals surface area contributed by atoms with Gasteiger partial charge in [-0.05, 0) is 45.0 Å². The lowest BCUT2D eigenvalue weighted by molar-refractivity contribution is -0.150. The Bertz CT molecular complexity index is 1070. The van der Waals surface area contributed by atoms with Gasteiger partial charge in [-0.1, -0.05) is 35.3 Å². The molecular weight excluding hydrogens is 497 g/mol. The molecule has 0 aliphatic carbocycles. The molecule has 0 fully saturated rings. The molecule has 0 saturated heterocycles. The summed E-state index contributed by atoms with van der Waals surface area (Å²) in [4.78, 5) is 44.9. The summed E-state index contributed by atoms with van der Waals surface area (Å²) in [6, 6.07) is 7.92. The fourth-order valence-corrected chi connectivity index (χ4v) is 2.52. The molecule has 2 aromatic rings. The highest BCUT2D eigenvalue weighted by molar-refractivity contribution is 6.34. The molecule has 0 saturated carbocycles. The molecule has 0 radical (unpaired) electrons. The van der Waals surface area contributed by atoms with Gasteiger partial charge in [0.2, 0.25) is 11.8 Å². The van der Waals surface area contributed by atoms with Crippen LogP contribution in [0.1, 0.15) is 20.8 Å². The summed E-state index contributed by atoms with van der Waals surface area (Å²) in [5.74, 6) is -6.77. The van der Waals surface area contributed by atoms with Crippen LogP contribution in [-0.2, 0) is 23.9 Å². The molecule has 2 aromatic carbocycles. The Morgan fingerprint density at radius 2 is 1.29 bits per heavy atom. The minimum Gasteiger partial charge on any atom is -0.481 e. The van der Waals surface area contributed by atoms with Gasteiger partial charge in [-0.15, -0.1) is 0 Å². The number of anilines is 2. The van der Waals surface area contributed by atoms with Gasteiger partial charge >= 0.3 is 11.9 Å². The van der Waals surface area contributed by atoms with Gasteiger partial charge < -0.3 is 20.5 Å². The number of rotatable bonds is 7. The lowest BCUT2D eigenvalue weighted by atomic mass is 10.1. The largest absolute Gasteiger partial charge is 0.481 e. The van der Waals surface area contributed by atoms with Crippen LogP contribution in [0.2, 0.25) is 10.0 Å². The second kappa shape index (κ2) is 13.5. The zero-order valence-corrected chi connectivity index (χ0v) is 19.8. The average molecular weight is 519 g/mol. The number of hydrogen-bond donors (Lipinski definition) is 3. The van der Waals surface area contributed by atoms with E-state index in [0.717, 1.165) is 6.07 Å². The van der Waals surface area contributed by atoms with E-state index in [1.165, 1.54) is 44.2 Å². The van der Waals surface area contributed by atoms with Crippen molar-refractivity contribution in [3.05, 3.63) is 58.1 Å². The van der Waals surface area contributed by atoms with Gasteiger partial charge in [0.25, 0.3) is 0 Å². The van der Waals surface area contributed by atoms with Crippen LogP contribution in [-0.4, -0.2) is 35.5 Å². The van der Waals surface area contributed by atoms with Crippen LogP contribution in [0.25, 0.3) is 0 Å². The number of carboxylic acid groups (broad SMARTS) is 1. The van der Waals surface area contributed by atoms with Gasteiger partial charge in [-0.3, -0.25) is 19.2 Å². The third-order valence-corrected chi connectivity index (χ3v) is 4.98. The zero-order chi connectivity index (χ0) is 26.0. The minimum absolute atomic E-state index is 0.0553. The Labute approximate surface area is 204 Å². The maximum Gasteiger partial charge on any atom is 0.318 e. The Balaban J connectivity index is 0.000000342. The summed E-state index contributed by atoms with van der Waals surface area (Å²) < 4.78 is 30.8. The van der Waals surface area contributed by atoms with Crippen molar-refractivity contribution in [2.75, 3.05) is 17.2 Å². The first-order valence-corrected chi connectivity index (χ1v) is 10.5. The van der Waals surface area contributed by atoms with Crippen LogP contribution >= 0.6 is 23.2 Å². The molecule has 3 N–H and O–H groups in total. The summed E-state index contributed by atoms with van der Waals surface area (Å²) in [5.41, 5.74) is 0.178. The van der Waals surface area contributed by atoms with Crippen LogP contribution in [0.3, 0.4) is 0 Å². The van der Waals surface area contributed by atoms with Crippen molar-refractivity contribution in [3.8, 4) is 0 Å². The molecule has 2 rings (SSSR count). The molecule has 0 heterocycles. The Hall–Kier alpha value is -3.24. The Kier molecular flexibility index (Phi) is 11.4. The molecule has 8 nitrogen and oxygen atoms in total. The van der Waals surface area contributed by atoms with Gasteiger partial charge in [0.1, 0.15) is 23.5 Å². The standard InChI is InChI=1S/C12H13ClFNO3.C10H9ClFNO3/c1-3-18-12(17)7(2)11(16)15-9-6-4-5-8(14)10(9)13;1-5(10(15)16)9(14)13-7-4-2-3-6(12)8(7)11/h4-7H,3H2,1-2H3,(H,15,16);2-5H,1H3,(H,13,14)(H,15,16). The van der Waals surface area contributed by atoms with E-state index in [0.29, 0.717) is 0 Å². The smallest absolute Gasteiger partial charge is 0.318 e. The molecule has 34 heavy (non-hydrogen) atoms. The minimum atomic E-state index is -1.26. The van der Waals surface area contributed by atoms with Gasteiger partial charge in [0.15, 0.2) is 0 Å². The SMILES string of the molecule is CC(C(=O)O)C(=O)Nc1cccc(F)c1Cl.CCOC(=O)C(C)C(=O)Nc1cccc(F)c1Cl. The molecule has 0 aliphatic rings. The highest BCUT2D eigenvalue weighted by Crippen LogP contribution is 2.25. The maximum atomic E-state index is 13.1. The van der Waals surface area contributed by atoms with Crippen LogP contribution < -0.4 is 10.6 Å². The first kappa shape index (κ1) is 28.8. The van der Waals surface area contributed by atoms with E-state index >= 15 is 0 Å². The first-order valence-electron chi connectivity index (χ1n) is 9.79. The molecule has 0 spiro atoms. The molecule has 12 heteroatoms.